The van der Waals surface area contributed by atoms with Crippen LogP contribution in [-0.4, -0.2) is 58.0 Å². The van der Waals surface area contributed by atoms with Gasteiger partial charge in [0.1, 0.15) is 24.1 Å². The highest BCUT2D eigenvalue weighted by Gasteiger charge is 2.33. The van der Waals surface area contributed by atoms with E-state index in [4.69, 9.17) is 21.1 Å². The number of hydrogen-bond donors (Lipinski definition) is 1. The Labute approximate surface area is 258 Å². The number of methoxy groups -OCH3 is 2. The zero-order chi connectivity index (χ0) is 31.0. The van der Waals surface area contributed by atoms with Crippen LogP contribution in [0.1, 0.15) is 44.6 Å². The van der Waals surface area contributed by atoms with Crippen molar-refractivity contribution in [3.05, 3.63) is 83.4 Å². The molecular weight excluding hydrogens is 590 g/mol. The third-order valence-electron chi connectivity index (χ3n) is 7.63. The van der Waals surface area contributed by atoms with Crippen LogP contribution in [0.4, 0.5) is 5.69 Å². The first-order chi connectivity index (χ1) is 20.6. The van der Waals surface area contributed by atoms with Crippen LogP contribution in [0, 0.1) is 0 Å². The van der Waals surface area contributed by atoms with E-state index in [1.165, 1.54) is 42.3 Å². The van der Waals surface area contributed by atoms with Crippen molar-refractivity contribution in [2.24, 2.45) is 0 Å². The van der Waals surface area contributed by atoms with Crippen LogP contribution < -0.4 is 19.1 Å². The highest BCUT2D eigenvalue weighted by Crippen LogP contribution is 2.28. The van der Waals surface area contributed by atoms with Crippen LogP contribution in [-0.2, 0) is 26.2 Å². The van der Waals surface area contributed by atoms with Gasteiger partial charge in [-0.3, -0.25) is 13.9 Å². The molecule has 0 aliphatic heterocycles. The quantitative estimate of drug-likeness (QED) is 0.288. The van der Waals surface area contributed by atoms with Crippen LogP contribution >= 0.6 is 11.6 Å². The normalized spacial score (nSPS) is 14.4. The number of ether oxygens (including phenoxy) is 2. The molecule has 9 nitrogen and oxygen atoms in total. The first-order valence-corrected chi connectivity index (χ1v) is 16.1. The van der Waals surface area contributed by atoms with Gasteiger partial charge < -0.3 is 19.7 Å². The lowest BCUT2D eigenvalue weighted by Gasteiger charge is -2.33. The van der Waals surface area contributed by atoms with Gasteiger partial charge in [0.25, 0.3) is 10.0 Å². The predicted molar refractivity (Wildman–Crippen MR) is 167 cm³/mol. The summed E-state index contributed by atoms with van der Waals surface area (Å²) < 4.78 is 39.5. The zero-order valence-corrected chi connectivity index (χ0v) is 26.2. The smallest absolute Gasteiger partial charge is 0.264 e. The Balaban J connectivity index is 1.69. The van der Waals surface area contributed by atoms with E-state index in [0.717, 1.165) is 42.0 Å². The van der Waals surface area contributed by atoms with E-state index < -0.39 is 28.5 Å². The standard InChI is InChI=1S/C32H38ClN3O6S/c1-23(32(38)34-26-11-5-4-6-12-26)35(21-24-9-7-14-29(19-24)42-3)31(37)22-36(27-13-8-10-25(33)20-27)43(39,40)30-17-15-28(41-2)16-18-30/h7-10,13-20,23,26H,4-6,11-12,21-22H2,1-3H3,(H,34,38)/t23-/m1/s1. The Morgan fingerprint density at radius 3 is 2.26 bits per heavy atom. The van der Waals surface area contributed by atoms with Gasteiger partial charge in [-0.2, -0.15) is 0 Å². The number of hydrogen-bond acceptors (Lipinski definition) is 6. The van der Waals surface area contributed by atoms with Crippen LogP contribution in [0.5, 0.6) is 11.5 Å². The van der Waals surface area contributed by atoms with Gasteiger partial charge in [-0.1, -0.05) is 49.1 Å². The predicted octanol–water partition coefficient (Wildman–Crippen LogP) is 5.42. The molecule has 3 aromatic carbocycles. The van der Waals surface area contributed by atoms with Crippen molar-refractivity contribution in [1.29, 1.82) is 0 Å². The summed E-state index contributed by atoms with van der Waals surface area (Å²) in [5.41, 5.74) is 0.953. The maximum absolute atomic E-state index is 14.1. The summed E-state index contributed by atoms with van der Waals surface area (Å²) in [5.74, 6) is 0.264. The number of carbonyl (C=O) groups excluding carboxylic acids is 2. The molecule has 0 spiro atoms. The summed E-state index contributed by atoms with van der Waals surface area (Å²) in [6.07, 6.45) is 5.02. The Hall–Kier alpha value is -3.76. The second kappa shape index (κ2) is 14.6. The molecular formula is C32H38ClN3O6S. The van der Waals surface area contributed by atoms with E-state index in [2.05, 4.69) is 5.32 Å². The first kappa shape index (κ1) is 32.2. The Bertz CT molecular complexity index is 1510. The maximum Gasteiger partial charge on any atom is 0.264 e. The molecule has 1 atom stereocenters. The molecule has 1 aliphatic carbocycles. The topological polar surface area (TPSA) is 105 Å². The van der Waals surface area contributed by atoms with E-state index in [1.54, 1.807) is 50.4 Å². The van der Waals surface area contributed by atoms with Crippen molar-refractivity contribution in [2.45, 2.75) is 62.6 Å². The largest absolute Gasteiger partial charge is 0.497 e. The van der Waals surface area contributed by atoms with Crippen molar-refractivity contribution in [1.82, 2.24) is 10.2 Å². The molecule has 1 saturated carbocycles. The van der Waals surface area contributed by atoms with Crippen molar-refractivity contribution in [3.63, 3.8) is 0 Å². The molecule has 1 N–H and O–H groups in total. The minimum Gasteiger partial charge on any atom is -0.497 e. The molecule has 0 saturated heterocycles. The van der Waals surface area contributed by atoms with Gasteiger partial charge in [0, 0.05) is 17.6 Å². The van der Waals surface area contributed by atoms with Gasteiger partial charge in [0.2, 0.25) is 11.8 Å². The van der Waals surface area contributed by atoms with Gasteiger partial charge in [-0.15, -0.1) is 0 Å². The van der Waals surface area contributed by atoms with E-state index in [-0.39, 0.29) is 29.1 Å². The molecule has 1 aliphatic rings. The van der Waals surface area contributed by atoms with Crippen molar-refractivity contribution in [3.8, 4) is 11.5 Å². The van der Waals surface area contributed by atoms with Crippen LogP contribution in [0.25, 0.3) is 0 Å². The van der Waals surface area contributed by atoms with Gasteiger partial charge in [-0.25, -0.2) is 8.42 Å². The van der Waals surface area contributed by atoms with E-state index >= 15 is 0 Å². The number of rotatable bonds is 12. The highest BCUT2D eigenvalue weighted by molar-refractivity contribution is 7.92. The first-order valence-electron chi connectivity index (χ1n) is 14.3. The number of amides is 2. The molecule has 2 amide bonds. The molecule has 0 unspecified atom stereocenters. The third-order valence-corrected chi connectivity index (χ3v) is 9.65. The van der Waals surface area contributed by atoms with E-state index in [1.807, 2.05) is 6.07 Å². The fraction of sp³-hybridized carbons (Fsp3) is 0.375. The monoisotopic (exact) mass is 627 g/mol. The van der Waals surface area contributed by atoms with Crippen molar-refractivity contribution >= 4 is 39.1 Å². The minimum atomic E-state index is -4.23. The lowest BCUT2D eigenvalue weighted by Crippen LogP contribution is -2.53. The molecule has 3 aromatic rings. The molecule has 0 heterocycles. The van der Waals surface area contributed by atoms with Crippen LogP contribution in [0.15, 0.2) is 77.7 Å². The Kier molecular flexibility index (Phi) is 10.9. The highest BCUT2D eigenvalue weighted by atomic mass is 35.5. The molecule has 4 rings (SSSR count). The van der Waals surface area contributed by atoms with Gasteiger partial charge in [0.05, 0.1) is 24.8 Å². The zero-order valence-electron chi connectivity index (χ0n) is 24.7. The fourth-order valence-corrected chi connectivity index (χ4v) is 6.74. The average molecular weight is 628 g/mol. The summed E-state index contributed by atoms with van der Waals surface area (Å²) in [4.78, 5) is 29.0. The second-order valence-electron chi connectivity index (χ2n) is 10.6. The number of carbonyl (C=O) groups is 2. The lowest BCUT2D eigenvalue weighted by atomic mass is 9.95. The fourth-order valence-electron chi connectivity index (χ4n) is 5.15. The van der Waals surface area contributed by atoms with Gasteiger partial charge in [-0.05, 0) is 79.9 Å². The summed E-state index contributed by atoms with van der Waals surface area (Å²) in [6, 6.07) is 18.6. The molecule has 0 bridgehead atoms. The summed E-state index contributed by atoms with van der Waals surface area (Å²) in [6.45, 7) is 1.18. The van der Waals surface area contributed by atoms with Crippen molar-refractivity contribution < 1.29 is 27.5 Å². The number of anilines is 1. The minimum absolute atomic E-state index is 0.0245. The maximum atomic E-state index is 14.1. The Morgan fingerprint density at radius 2 is 1.60 bits per heavy atom. The summed E-state index contributed by atoms with van der Waals surface area (Å²) >= 11 is 6.25. The third kappa shape index (κ3) is 8.20. The number of sulfonamides is 1. The summed E-state index contributed by atoms with van der Waals surface area (Å²) in [5, 5.41) is 3.42. The van der Waals surface area contributed by atoms with Crippen molar-refractivity contribution in [2.75, 3.05) is 25.1 Å². The Morgan fingerprint density at radius 1 is 0.930 bits per heavy atom. The van der Waals surface area contributed by atoms with E-state index in [0.29, 0.717) is 16.5 Å². The van der Waals surface area contributed by atoms with Gasteiger partial charge >= 0.3 is 0 Å². The van der Waals surface area contributed by atoms with Gasteiger partial charge in [0.15, 0.2) is 0 Å². The molecule has 0 aromatic heterocycles. The van der Waals surface area contributed by atoms with E-state index in [9.17, 15) is 18.0 Å². The number of benzene rings is 3. The number of nitrogens with one attached hydrogen (secondary N) is 1. The number of nitrogens with zero attached hydrogens (tertiary/aromatic N) is 2. The number of halogens is 1. The molecule has 230 valence electrons. The lowest BCUT2D eigenvalue weighted by molar-refractivity contribution is -0.139. The molecule has 0 radical (unpaired) electrons. The SMILES string of the molecule is COc1ccc(S(=O)(=O)N(CC(=O)N(Cc2cccc(OC)c2)[C@H](C)C(=O)NC2CCCCC2)c2cccc(Cl)c2)cc1. The molecule has 11 heteroatoms. The molecule has 1 fully saturated rings. The average Bonchev–Trinajstić information content (AvgIpc) is 3.02. The molecule has 43 heavy (non-hydrogen) atoms. The summed E-state index contributed by atoms with van der Waals surface area (Å²) in [7, 11) is -1.19. The van der Waals surface area contributed by atoms with Crippen LogP contribution in [0.2, 0.25) is 5.02 Å². The second-order valence-corrected chi connectivity index (χ2v) is 12.9. The van der Waals surface area contributed by atoms with Crippen LogP contribution in [0.3, 0.4) is 0 Å².